The Morgan fingerprint density at radius 2 is 1.02 bits per heavy atom. The van der Waals surface area contributed by atoms with Crippen LogP contribution in [-0.2, 0) is 29.1 Å². The van der Waals surface area contributed by atoms with Gasteiger partial charge in [-0.05, 0) is 141 Å². The van der Waals surface area contributed by atoms with E-state index in [9.17, 15) is 0 Å². The molecule has 0 unspecified atom stereocenters. The van der Waals surface area contributed by atoms with Gasteiger partial charge in [0.15, 0.2) is 0 Å². The van der Waals surface area contributed by atoms with Crippen LogP contribution in [0.15, 0.2) is 127 Å². The zero-order valence-electron chi connectivity index (χ0n) is 31.8. The van der Waals surface area contributed by atoms with E-state index in [0.717, 1.165) is 12.8 Å². The molecule has 0 bridgehead atoms. The van der Waals surface area contributed by atoms with Gasteiger partial charge in [-0.1, -0.05) is 133 Å². The molecule has 0 saturated carbocycles. The maximum atomic E-state index is 2.60. The Balaban J connectivity index is 1.38. The molecule has 0 N–H and O–H groups in total. The molecule has 9 rings (SSSR count). The Labute approximate surface area is 311 Å². The van der Waals surface area contributed by atoms with Crippen molar-refractivity contribution >= 4 is 17.1 Å². The van der Waals surface area contributed by atoms with Crippen LogP contribution in [0.5, 0.6) is 0 Å². The van der Waals surface area contributed by atoms with Gasteiger partial charge in [-0.2, -0.15) is 0 Å². The fraction of sp³-hybridized carbons (Fsp3) is 0.294. The standard InChI is InChI=1S/C51H51N/c1-49(2)27-28-50(3,4)46-30-37(25-26-44(46)49)41-32-42-39-23-15-16-24-43(39)51(5,6)45(42)33-48(41)52(38-21-11-8-12-22-38)47-31-36-20-14-13-19-35(36)29-40(47)34-17-9-7-10-18-34/h7-12,15-18,21-26,29-33H,13-14,19-20,27-28H2,1-6H3. The molecule has 0 aromatic heterocycles. The van der Waals surface area contributed by atoms with Crippen molar-refractivity contribution in [2.45, 2.75) is 96.3 Å². The van der Waals surface area contributed by atoms with Gasteiger partial charge in [-0.3, -0.25) is 0 Å². The molecule has 0 spiro atoms. The third kappa shape index (κ3) is 5.27. The van der Waals surface area contributed by atoms with Crippen LogP contribution >= 0.6 is 0 Å². The van der Waals surface area contributed by atoms with Gasteiger partial charge < -0.3 is 4.90 Å². The van der Waals surface area contributed by atoms with E-state index < -0.39 is 0 Å². The van der Waals surface area contributed by atoms with Gasteiger partial charge in [0.25, 0.3) is 0 Å². The number of aryl methyl sites for hydroxylation is 2. The van der Waals surface area contributed by atoms with Gasteiger partial charge in [0.2, 0.25) is 0 Å². The van der Waals surface area contributed by atoms with Crippen LogP contribution in [0.3, 0.4) is 0 Å². The summed E-state index contributed by atoms with van der Waals surface area (Å²) < 4.78 is 0. The Bertz CT molecular complexity index is 2320. The Hall–Kier alpha value is -4.88. The van der Waals surface area contributed by atoms with Crippen LogP contribution in [0.4, 0.5) is 17.1 Å². The SMILES string of the molecule is CC1(C)CCC(C)(C)c2cc(-c3cc4c(cc3N(c3ccccc3)c3cc5c(cc3-c3ccccc3)CCCC5)C(C)(C)c3ccccc3-4)ccc21. The number of hydrogen-bond donors (Lipinski definition) is 0. The molecule has 0 atom stereocenters. The number of para-hydroxylation sites is 1. The zero-order chi connectivity index (χ0) is 35.8. The maximum Gasteiger partial charge on any atom is 0.0543 e. The fourth-order valence-corrected chi connectivity index (χ4v) is 9.70. The van der Waals surface area contributed by atoms with E-state index >= 15 is 0 Å². The van der Waals surface area contributed by atoms with Crippen molar-refractivity contribution in [2.75, 3.05) is 4.90 Å². The summed E-state index contributed by atoms with van der Waals surface area (Å²) in [5, 5.41) is 0. The first-order chi connectivity index (χ1) is 25.0. The number of anilines is 3. The largest absolute Gasteiger partial charge is 0.309 e. The first-order valence-corrected chi connectivity index (χ1v) is 19.5. The van der Waals surface area contributed by atoms with Crippen LogP contribution in [0.1, 0.15) is 101 Å². The smallest absolute Gasteiger partial charge is 0.0543 e. The minimum Gasteiger partial charge on any atom is -0.309 e. The third-order valence-electron chi connectivity index (χ3n) is 12.9. The van der Waals surface area contributed by atoms with Gasteiger partial charge in [-0.15, -0.1) is 0 Å². The molecule has 6 aromatic rings. The van der Waals surface area contributed by atoms with Crippen molar-refractivity contribution in [3.8, 4) is 33.4 Å². The minimum absolute atomic E-state index is 0.116. The van der Waals surface area contributed by atoms with Crippen molar-refractivity contribution < 1.29 is 0 Å². The lowest BCUT2D eigenvalue weighted by atomic mass is 9.63. The van der Waals surface area contributed by atoms with Gasteiger partial charge in [0.1, 0.15) is 0 Å². The van der Waals surface area contributed by atoms with E-state index in [1.165, 1.54) is 110 Å². The highest BCUT2D eigenvalue weighted by Crippen LogP contribution is 2.55. The van der Waals surface area contributed by atoms with Crippen LogP contribution in [0, 0.1) is 0 Å². The second kappa shape index (κ2) is 12.1. The molecule has 1 nitrogen and oxygen atoms in total. The summed E-state index contributed by atoms with van der Waals surface area (Å²) in [5.74, 6) is 0. The first-order valence-electron chi connectivity index (χ1n) is 19.5. The lowest BCUT2D eigenvalue weighted by Gasteiger charge is -2.42. The van der Waals surface area contributed by atoms with Crippen molar-refractivity contribution in [1.82, 2.24) is 0 Å². The molecule has 0 aliphatic heterocycles. The summed E-state index contributed by atoms with van der Waals surface area (Å²) in [7, 11) is 0. The molecular weight excluding hydrogens is 627 g/mol. The van der Waals surface area contributed by atoms with Crippen LogP contribution in [0.2, 0.25) is 0 Å². The summed E-state index contributed by atoms with van der Waals surface area (Å²) in [6.45, 7) is 14.6. The van der Waals surface area contributed by atoms with Crippen LogP contribution < -0.4 is 4.90 Å². The number of benzene rings is 6. The Kier molecular flexibility index (Phi) is 7.67. The number of rotatable bonds is 5. The van der Waals surface area contributed by atoms with Gasteiger partial charge in [-0.25, -0.2) is 0 Å². The van der Waals surface area contributed by atoms with Crippen molar-refractivity contribution in [1.29, 1.82) is 0 Å². The molecule has 6 aromatic carbocycles. The topological polar surface area (TPSA) is 3.24 Å². The summed E-state index contributed by atoms with van der Waals surface area (Å²) in [6.07, 6.45) is 7.21. The highest BCUT2D eigenvalue weighted by molar-refractivity contribution is 5.98. The molecule has 3 aliphatic rings. The molecule has 3 aliphatic carbocycles. The Morgan fingerprint density at radius 3 is 1.75 bits per heavy atom. The van der Waals surface area contributed by atoms with E-state index in [0.29, 0.717) is 0 Å². The maximum absolute atomic E-state index is 2.60. The molecule has 0 fully saturated rings. The highest BCUT2D eigenvalue weighted by atomic mass is 15.1. The lowest BCUT2D eigenvalue weighted by Crippen LogP contribution is -2.33. The van der Waals surface area contributed by atoms with Crippen LogP contribution in [-0.4, -0.2) is 0 Å². The quantitative estimate of drug-likeness (QED) is 0.176. The average Bonchev–Trinajstić information content (AvgIpc) is 3.39. The summed E-state index contributed by atoms with van der Waals surface area (Å²) in [4.78, 5) is 2.60. The summed E-state index contributed by atoms with van der Waals surface area (Å²) >= 11 is 0. The van der Waals surface area contributed by atoms with E-state index in [-0.39, 0.29) is 16.2 Å². The predicted octanol–water partition coefficient (Wildman–Crippen LogP) is 14.0. The molecule has 0 saturated heterocycles. The third-order valence-corrected chi connectivity index (χ3v) is 12.9. The predicted molar refractivity (Wildman–Crippen MR) is 221 cm³/mol. The van der Waals surface area contributed by atoms with Gasteiger partial charge in [0.05, 0.1) is 11.4 Å². The monoisotopic (exact) mass is 677 g/mol. The molecule has 0 radical (unpaired) electrons. The highest BCUT2D eigenvalue weighted by Gasteiger charge is 2.39. The van der Waals surface area contributed by atoms with E-state index in [1.807, 2.05) is 0 Å². The van der Waals surface area contributed by atoms with Gasteiger partial charge >= 0.3 is 0 Å². The van der Waals surface area contributed by atoms with E-state index in [4.69, 9.17) is 0 Å². The number of fused-ring (bicyclic) bond motifs is 5. The summed E-state index contributed by atoms with van der Waals surface area (Å²) in [5.41, 5.74) is 20.5. The molecule has 0 amide bonds. The van der Waals surface area contributed by atoms with Gasteiger partial charge in [0, 0.05) is 22.2 Å². The minimum atomic E-state index is -0.123. The molecule has 260 valence electrons. The van der Waals surface area contributed by atoms with Crippen molar-refractivity contribution in [3.05, 3.63) is 161 Å². The van der Waals surface area contributed by atoms with E-state index in [1.54, 1.807) is 0 Å². The molecular formula is C51H51N. The zero-order valence-corrected chi connectivity index (χ0v) is 31.8. The van der Waals surface area contributed by atoms with E-state index in [2.05, 4.69) is 174 Å². The van der Waals surface area contributed by atoms with Crippen molar-refractivity contribution in [3.63, 3.8) is 0 Å². The van der Waals surface area contributed by atoms with Crippen LogP contribution in [0.25, 0.3) is 33.4 Å². The summed E-state index contributed by atoms with van der Waals surface area (Å²) in [6, 6.07) is 48.9. The normalized spacial score (nSPS) is 17.4. The fourth-order valence-electron chi connectivity index (χ4n) is 9.70. The second-order valence-electron chi connectivity index (χ2n) is 17.5. The molecule has 0 heterocycles. The first kappa shape index (κ1) is 33.0. The number of nitrogens with zero attached hydrogens (tertiary/aromatic N) is 1. The molecule has 52 heavy (non-hydrogen) atoms. The molecule has 1 heteroatoms. The number of hydrogen-bond acceptors (Lipinski definition) is 1. The van der Waals surface area contributed by atoms with Crippen molar-refractivity contribution in [2.24, 2.45) is 0 Å². The Morgan fingerprint density at radius 1 is 0.423 bits per heavy atom. The second-order valence-corrected chi connectivity index (χ2v) is 17.5. The average molecular weight is 678 g/mol. The lowest BCUT2D eigenvalue weighted by molar-refractivity contribution is 0.332.